The number of hydrogen-bond acceptors (Lipinski definition) is 4. The molecule has 1 aromatic heterocycles. The highest BCUT2D eigenvalue weighted by Crippen LogP contribution is 2.37. The second kappa shape index (κ2) is 6.97. The van der Waals surface area contributed by atoms with E-state index in [4.69, 9.17) is 5.11 Å². The minimum absolute atomic E-state index is 0.0146. The van der Waals surface area contributed by atoms with E-state index in [1.165, 1.54) is 23.1 Å². The number of nitrogens with zero attached hydrogens (tertiary/aromatic N) is 3. The third-order valence-electron chi connectivity index (χ3n) is 4.37. The van der Waals surface area contributed by atoms with Crippen LogP contribution in [0.2, 0.25) is 0 Å². The van der Waals surface area contributed by atoms with Gasteiger partial charge in [0, 0.05) is 44.3 Å². The van der Waals surface area contributed by atoms with Crippen LogP contribution in [-0.4, -0.2) is 65.1 Å². The Kier molecular flexibility index (Phi) is 4.91. The number of alkyl halides is 3. The van der Waals surface area contributed by atoms with Crippen molar-refractivity contribution in [1.82, 2.24) is 14.8 Å². The molecule has 25 heavy (non-hydrogen) atoms. The van der Waals surface area contributed by atoms with Crippen molar-refractivity contribution in [3.05, 3.63) is 41.6 Å². The van der Waals surface area contributed by atoms with Gasteiger partial charge in [-0.05, 0) is 6.07 Å². The third-order valence-corrected chi connectivity index (χ3v) is 4.37. The third kappa shape index (κ3) is 3.59. The van der Waals surface area contributed by atoms with Crippen molar-refractivity contribution in [1.29, 1.82) is 0 Å². The number of aliphatic hydroxyl groups excluding tert-OH is 1. The first-order valence-electron chi connectivity index (χ1n) is 7.99. The first-order valence-corrected chi connectivity index (χ1v) is 7.99. The van der Waals surface area contributed by atoms with Crippen molar-refractivity contribution in [2.24, 2.45) is 0 Å². The summed E-state index contributed by atoms with van der Waals surface area (Å²) >= 11 is 0. The number of fused-ring (bicyclic) bond motifs is 1. The monoisotopic (exact) mass is 353 g/mol. The Morgan fingerprint density at radius 1 is 1.16 bits per heavy atom. The Labute approximate surface area is 142 Å². The van der Waals surface area contributed by atoms with Crippen molar-refractivity contribution in [3.8, 4) is 0 Å². The summed E-state index contributed by atoms with van der Waals surface area (Å²) in [4.78, 5) is 20.1. The molecule has 2 aromatic rings. The lowest BCUT2D eigenvalue weighted by atomic mass is 10.0. The number of hydrogen-bond donors (Lipinski definition) is 1. The quantitative estimate of drug-likeness (QED) is 0.917. The SMILES string of the molecule is O=C(c1cnc2ccccc2c1C(F)(F)F)N1CCN(CCO)CC1. The molecule has 0 radical (unpaired) electrons. The molecule has 0 unspecified atom stereocenters. The molecular formula is C17H18F3N3O2. The van der Waals surface area contributed by atoms with Gasteiger partial charge in [0.25, 0.3) is 5.91 Å². The topological polar surface area (TPSA) is 56.7 Å². The van der Waals surface area contributed by atoms with Gasteiger partial charge in [-0.3, -0.25) is 14.7 Å². The predicted octanol–water partition coefficient (Wildman–Crippen LogP) is 2.00. The van der Waals surface area contributed by atoms with E-state index in [1.54, 1.807) is 6.07 Å². The fraction of sp³-hybridized carbons (Fsp3) is 0.412. The highest BCUT2D eigenvalue weighted by atomic mass is 19.4. The number of pyridine rings is 1. The summed E-state index contributed by atoms with van der Waals surface area (Å²) < 4.78 is 40.9. The van der Waals surface area contributed by atoms with E-state index in [2.05, 4.69) is 4.98 Å². The van der Waals surface area contributed by atoms with Gasteiger partial charge in [0.2, 0.25) is 0 Å². The smallest absolute Gasteiger partial charge is 0.395 e. The Morgan fingerprint density at radius 2 is 1.84 bits per heavy atom. The van der Waals surface area contributed by atoms with E-state index < -0.39 is 23.2 Å². The van der Waals surface area contributed by atoms with Crippen LogP contribution in [0.25, 0.3) is 10.9 Å². The normalized spacial score (nSPS) is 16.4. The number of amides is 1. The summed E-state index contributed by atoms with van der Waals surface area (Å²) in [5.74, 6) is -0.658. The van der Waals surface area contributed by atoms with Crippen LogP contribution in [0, 0.1) is 0 Å². The molecule has 1 fully saturated rings. The molecular weight excluding hydrogens is 335 g/mol. The lowest BCUT2D eigenvalue weighted by molar-refractivity contribution is -0.136. The summed E-state index contributed by atoms with van der Waals surface area (Å²) in [6.07, 6.45) is -3.63. The molecule has 2 heterocycles. The molecule has 5 nitrogen and oxygen atoms in total. The lowest BCUT2D eigenvalue weighted by Gasteiger charge is -2.34. The number of rotatable bonds is 3. The van der Waals surface area contributed by atoms with Crippen molar-refractivity contribution in [3.63, 3.8) is 0 Å². The zero-order valence-electron chi connectivity index (χ0n) is 13.5. The lowest BCUT2D eigenvalue weighted by Crippen LogP contribution is -2.49. The maximum atomic E-state index is 13.6. The molecule has 1 amide bonds. The molecule has 1 aromatic carbocycles. The Balaban J connectivity index is 1.94. The highest BCUT2D eigenvalue weighted by Gasteiger charge is 2.39. The molecule has 0 aliphatic carbocycles. The first kappa shape index (κ1) is 17.6. The summed E-state index contributed by atoms with van der Waals surface area (Å²) in [7, 11) is 0. The summed E-state index contributed by atoms with van der Waals surface area (Å²) in [5, 5.41) is 8.87. The molecule has 1 aliphatic heterocycles. The standard InChI is InChI=1S/C17H18F3N3O2/c18-17(19,20)15-12-3-1-2-4-14(12)21-11-13(15)16(25)23-7-5-22(6-8-23)9-10-24/h1-4,11,24H,5-10H2. The summed E-state index contributed by atoms with van der Waals surface area (Å²) in [5.41, 5.74) is -1.14. The first-order chi connectivity index (χ1) is 11.9. The Bertz CT molecular complexity index is 771. The number of piperazine rings is 1. The molecule has 0 bridgehead atoms. The van der Waals surface area contributed by atoms with Crippen LogP contribution in [0.4, 0.5) is 13.2 Å². The number of aromatic nitrogens is 1. The van der Waals surface area contributed by atoms with Crippen LogP contribution in [0.1, 0.15) is 15.9 Å². The molecule has 8 heteroatoms. The van der Waals surface area contributed by atoms with E-state index >= 15 is 0 Å². The zero-order valence-corrected chi connectivity index (χ0v) is 13.5. The number of β-amino-alcohol motifs (C(OH)–C–C–N with tert-alkyl or cyclic N) is 1. The van der Waals surface area contributed by atoms with E-state index in [9.17, 15) is 18.0 Å². The number of carbonyl (C=O) groups excluding carboxylic acids is 1. The fourth-order valence-electron chi connectivity index (χ4n) is 3.10. The maximum absolute atomic E-state index is 13.6. The minimum Gasteiger partial charge on any atom is -0.395 e. The van der Waals surface area contributed by atoms with Crippen LogP contribution >= 0.6 is 0 Å². The molecule has 0 spiro atoms. The average molecular weight is 353 g/mol. The molecule has 1 saturated heterocycles. The molecule has 1 aliphatic rings. The summed E-state index contributed by atoms with van der Waals surface area (Å²) in [6.45, 7) is 2.20. The van der Waals surface area contributed by atoms with Crippen molar-refractivity contribution < 1.29 is 23.1 Å². The van der Waals surface area contributed by atoms with Gasteiger partial charge in [-0.25, -0.2) is 0 Å². The van der Waals surface area contributed by atoms with E-state index in [0.29, 0.717) is 32.7 Å². The van der Waals surface area contributed by atoms with Gasteiger partial charge in [-0.2, -0.15) is 13.2 Å². The van der Waals surface area contributed by atoms with Crippen LogP contribution in [-0.2, 0) is 6.18 Å². The number of halogens is 3. The van der Waals surface area contributed by atoms with Gasteiger partial charge >= 0.3 is 6.18 Å². The number of benzene rings is 1. The van der Waals surface area contributed by atoms with Crippen LogP contribution < -0.4 is 0 Å². The van der Waals surface area contributed by atoms with E-state index in [1.807, 2.05) is 4.90 Å². The Hall–Kier alpha value is -2.19. The van der Waals surface area contributed by atoms with Gasteiger partial charge in [-0.1, -0.05) is 18.2 Å². The number of para-hydroxylation sites is 1. The second-order valence-corrected chi connectivity index (χ2v) is 5.92. The number of carbonyl (C=O) groups is 1. The maximum Gasteiger partial charge on any atom is 0.417 e. The average Bonchev–Trinajstić information content (AvgIpc) is 2.60. The van der Waals surface area contributed by atoms with Crippen molar-refractivity contribution in [2.45, 2.75) is 6.18 Å². The van der Waals surface area contributed by atoms with E-state index in [-0.39, 0.29) is 17.5 Å². The van der Waals surface area contributed by atoms with Crippen LogP contribution in [0.15, 0.2) is 30.5 Å². The van der Waals surface area contributed by atoms with E-state index in [0.717, 1.165) is 6.20 Å². The van der Waals surface area contributed by atoms with Crippen molar-refractivity contribution in [2.75, 3.05) is 39.3 Å². The van der Waals surface area contributed by atoms with Gasteiger partial charge in [0.15, 0.2) is 0 Å². The van der Waals surface area contributed by atoms with Gasteiger partial charge < -0.3 is 10.0 Å². The van der Waals surface area contributed by atoms with Crippen LogP contribution in [0.5, 0.6) is 0 Å². The minimum atomic E-state index is -4.65. The summed E-state index contributed by atoms with van der Waals surface area (Å²) in [6, 6.07) is 5.94. The molecule has 134 valence electrons. The largest absolute Gasteiger partial charge is 0.417 e. The Morgan fingerprint density at radius 3 is 2.48 bits per heavy atom. The fourth-order valence-corrected chi connectivity index (χ4v) is 3.10. The predicted molar refractivity (Wildman–Crippen MR) is 86.2 cm³/mol. The molecule has 0 saturated carbocycles. The van der Waals surface area contributed by atoms with Gasteiger partial charge in [0.05, 0.1) is 23.3 Å². The zero-order chi connectivity index (χ0) is 18.0. The van der Waals surface area contributed by atoms with Crippen molar-refractivity contribution >= 4 is 16.8 Å². The van der Waals surface area contributed by atoms with Crippen LogP contribution in [0.3, 0.4) is 0 Å². The second-order valence-electron chi connectivity index (χ2n) is 5.92. The van der Waals surface area contributed by atoms with Gasteiger partial charge in [0.1, 0.15) is 0 Å². The molecule has 1 N–H and O–H groups in total. The number of aliphatic hydroxyl groups is 1. The van der Waals surface area contributed by atoms with Gasteiger partial charge in [-0.15, -0.1) is 0 Å². The highest BCUT2D eigenvalue weighted by molar-refractivity contribution is 6.00. The molecule has 3 rings (SSSR count). The molecule has 0 atom stereocenters.